The number of benzene rings is 2. The van der Waals surface area contributed by atoms with Crippen molar-refractivity contribution in [1.82, 2.24) is 9.80 Å². The minimum Gasteiger partial charge on any atom is -0.497 e. The molecule has 1 saturated heterocycles. The van der Waals surface area contributed by atoms with E-state index in [2.05, 4.69) is 25.1 Å². The third kappa shape index (κ3) is 4.46. The van der Waals surface area contributed by atoms with Gasteiger partial charge in [-0.05, 0) is 48.1 Å². The molecule has 2 aliphatic rings. The molecule has 5 heteroatoms. The smallest absolute Gasteiger partial charge is 0.228 e. The van der Waals surface area contributed by atoms with Crippen molar-refractivity contribution in [2.45, 2.75) is 51.6 Å². The van der Waals surface area contributed by atoms with Crippen molar-refractivity contribution < 1.29 is 14.3 Å². The lowest BCUT2D eigenvalue weighted by Crippen LogP contribution is -2.50. The van der Waals surface area contributed by atoms with Crippen LogP contribution in [0.1, 0.15) is 55.3 Å². The fourth-order valence-electron chi connectivity index (χ4n) is 4.94. The second-order valence-corrected chi connectivity index (χ2v) is 8.58. The summed E-state index contributed by atoms with van der Waals surface area (Å²) in [5.74, 6) is 0.890. The van der Waals surface area contributed by atoms with Gasteiger partial charge in [-0.15, -0.1) is 0 Å². The van der Waals surface area contributed by atoms with Crippen LogP contribution in [0, 0.1) is 5.92 Å². The first-order valence-corrected chi connectivity index (χ1v) is 11.4. The molecule has 0 radical (unpaired) electrons. The zero-order valence-corrected chi connectivity index (χ0v) is 18.5. The molecule has 4 rings (SSSR count). The van der Waals surface area contributed by atoms with Crippen LogP contribution in [-0.2, 0) is 22.6 Å². The number of rotatable bonds is 6. The molecule has 31 heavy (non-hydrogen) atoms. The van der Waals surface area contributed by atoms with E-state index in [0.717, 1.165) is 37.1 Å². The molecule has 0 spiro atoms. The van der Waals surface area contributed by atoms with Gasteiger partial charge in [-0.2, -0.15) is 0 Å². The summed E-state index contributed by atoms with van der Waals surface area (Å²) in [5.41, 5.74) is 3.58. The Bertz CT molecular complexity index is 925. The number of fused-ring (bicyclic) bond motifs is 1. The molecule has 2 heterocycles. The largest absolute Gasteiger partial charge is 0.497 e. The first-order valence-electron chi connectivity index (χ1n) is 11.4. The van der Waals surface area contributed by atoms with E-state index in [1.807, 2.05) is 40.1 Å². The van der Waals surface area contributed by atoms with Crippen LogP contribution >= 0.6 is 0 Å². The quantitative estimate of drug-likeness (QED) is 0.698. The molecule has 2 aromatic carbocycles. The summed E-state index contributed by atoms with van der Waals surface area (Å²) in [4.78, 5) is 30.6. The number of carbonyl (C=O) groups excluding carboxylic acids is 2. The van der Waals surface area contributed by atoms with Gasteiger partial charge in [0.2, 0.25) is 11.8 Å². The zero-order chi connectivity index (χ0) is 21.8. The van der Waals surface area contributed by atoms with Gasteiger partial charge in [-0.3, -0.25) is 9.59 Å². The van der Waals surface area contributed by atoms with Crippen LogP contribution < -0.4 is 4.74 Å². The number of hydrogen-bond donors (Lipinski definition) is 0. The van der Waals surface area contributed by atoms with E-state index in [9.17, 15) is 9.59 Å². The number of amides is 2. The number of nitrogens with zero attached hydrogens (tertiary/aromatic N) is 2. The summed E-state index contributed by atoms with van der Waals surface area (Å²) < 4.78 is 5.32. The number of carbonyl (C=O) groups is 2. The van der Waals surface area contributed by atoms with Gasteiger partial charge in [-0.1, -0.05) is 49.7 Å². The molecule has 0 aromatic heterocycles. The van der Waals surface area contributed by atoms with Crippen molar-refractivity contribution in [1.29, 1.82) is 0 Å². The van der Waals surface area contributed by atoms with Crippen molar-refractivity contribution in [3.63, 3.8) is 0 Å². The Hall–Kier alpha value is -2.82. The van der Waals surface area contributed by atoms with Gasteiger partial charge in [-0.25, -0.2) is 0 Å². The summed E-state index contributed by atoms with van der Waals surface area (Å²) >= 11 is 0. The fraction of sp³-hybridized carbons (Fsp3) is 0.462. The van der Waals surface area contributed by atoms with Crippen LogP contribution in [0.5, 0.6) is 5.75 Å². The standard InChI is InChI=1S/C26H32N2O3/c1-3-4-16-28-24(29)14-13-23(25(28)20-9-11-22(31-2)12-10-20)26(30)27-17-15-19-7-5-6-8-21(19)18-27/h5-12,23,25H,3-4,13-18H2,1-2H3/t23-,25-/m1/s1. The molecule has 0 N–H and O–H groups in total. The monoisotopic (exact) mass is 420 g/mol. The van der Waals surface area contributed by atoms with E-state index >= 15 is 0 Å². The lowest BCUT2D eigenvalue weighted by Gasteiger charge is -2.43. The number of unbranched alkanes of at least 4 members (excludes halogenated alkanes) is 1. The molecule has 2 aromatic rings. The van der Waals surface area contributed by atoms with E-state index in [-0.39, 0.29) is 23.8 Å². The van der Waals surface area contributed by atoms with Gasteiger partial charge in [0.25, 0.3) is 0 Å². The van der Waals surface area contributed by atoms with Crippen LogP contribution in [0.15, 0.2) is 48.5 Å². The summed E-state index contributed by atoms with van der Waals surface area (Å²) in [6.45, 7) is 4.22. The van der Waals surface area contributed by atoms with Crippen LogP contribution in [-0.4, -0.2) is 41.8 Å². The topological polar surface area (TPSA) is 49.9 Å². The van der Waals surface area contributed by atoms with Crippen molar-refractivity contribution in [2.24, 2.45) is 5.92 Å². The second kappa shape index (κ2) is 9.54. The third-order valence-electron chi connectivity index (χ3n) is 6.68. The van der Waals surface area contributed by atoms with E-state index in [4.69, 9.17) is 4.74 Å². The predicted molar refractivity (Wildman–Crippen MR) is 121 cm³/mol. The molecule has 5 nitrogen and oxygen atoms in total. The van der Waals surface area contributed by atoms with E-state index in [1.165, 1.54) is 11.1 Å². The Labute approximate surface area is 185 Å². The minimum absolute atomic E-state index is 0.155. The first-order chi connectivity index (χ1) is 15.1. The van der Waals surface area contributed by atoms with Gasteiger partial charge < -0.3 is 14.5 Å². The molecule has 0 aliphatic carbocycles. The molecule has 164 valence electrons. The molecule has 0 unspecified atom stereocenters. The average molecular weight is 421 g/mol. The molecule has 0 bridgehead atoms. The summed E-state index contributed by atoms with van der Waals surface area (Å²) in [6.07, 6.45) is 3.89. The van der Waals surface area contributed by atoms with Crippen molar-refractivity contribution in [3.8, 4) is 5.75 Å². The lowest BCUT2D eigenvalue weighted by molar-refractivity contribution is -0.148. The normalized spacial score (nSPS) is 21.0. The zero-order valence-electron chi connectivity index (χ0n) is 18.5. The maximum absolute atomic E-state index is 13.8. The maximum Gasteiger partial charge on any atom is 0.228 e. The Morgan fingerprint density at radius 3 is 2.52 bits per heavy atom. The summed E-state index contributed by atoms with van der Waals surface area (Å²) in [6, 6.07) is 16.0. The molecule has 0 saturated carbocycles. The van der Waals surface area contributed by atoms with E-state index < -0.39 is 0 Å². The number of piperidine rings is 1. The van der Waals surface area contributed by atoms with Gasteiger partial charge in [0.05, 0.1) is 19.1 Å². The van der Waals surface area contributed by atoms with Crippen molar-refractivity contribution >= 4 is 11.8 Å². The van der Waals surface area contributed by atoms with Gasteiger partial charge >= 0.3 is 0 Å². The first kappa shape index (κ1) is 21.4. The Balaban J connectivity index is 1.63. The van der Waals surface area contributed by atoms with Crippen LogP contribution in [0.4, 0.5) is 0 Å². The highest BCUT2D eigenvalue weighted by Gasteiger charge is 2.42. The minimum atomic E-state index is -0.219. The Kier molecular flexibility index (Phi) is 6.59. The average Bonchev–Trinajstić information content (AvgIpc) is 2.82. The van der Waals surface area contributed by atoms with Gasteiger partial charge in [0.15, 0.2) is 0 Å². The van der Waals surface area contributed by atoms with Gasteiger partial charge in [0, 0.05) is 26.1 Å². The molecule has 2 aliphatic heterocycles. The van der Waals surface area contributed by atoms with Crippen LogP contribution in [0.25, 0.3) is 0 Å². The Morgan fingerprint density at radius 1 is 1.06 bits per heavy atom. The molecular weight excluding hydrogens is 388 g/mol. The molecule has 2 atom stereocenters. The number of likely N-dealkylation sites (tertiary alicyclic amines) is 1. The summed E-state index contributed by atoms with van der Waals surface area (Å²) in [7, 11) is 1.65. The van der Waals surface area contributed by atoms with Crippen LogP contribution in [0.3, 0.4) is 0 Å². The highest BCUT2D eigenvalue weighted by atomic mass is 16.5. The van der Waals surface area contributed by atoms with E-state index in [0.29, 0.717) is 25.9 Å². The lowest BCUT2D eigenvalue weighted by atomic mass is 9.82. The molecule has 1 fully saturated rings. The highest BCUT2D eigenvalue weighted by molar-refractivity contribution is 5.85. The van der Waals surface area contributed by atoms with Crippen LogP contribution in [0.2, 0.25) is 0 Å². The Morgan fingerprint density at radius 2 is 1.81 bits per heavy atom. The fourth-order valence-corrected chi connectivity index (χ4v) is 4.94. The van der Waals surface area contributed by atoms with Gasteiger partial charge in [0.1, 0.15) is 5.75 Å². The van der Waals surface area contributed by atoms with Crippen molar-refractivity contribution in [2.75, 3.05) is 20.2 Å². The highest BCUT2D eigenvalue weighted by Crippen LogP contribution is 2.39. The molecule has 2 amide bonds. The second-order valence-electron chi connectivity index (χ2n) is 8.58. The third-order valence-corrected chi connectivity index (χ3v) is 6.68. The predicted octanol–water partition coefficient (Wildman–Crippen LogP) is 4.36. The van der Waals surface area contributed by atoms with Crippen molar-refractivity contribution in [3.05, 3.63) is 65.2 Å². The van der Waals surface area contributed by atoms with E-state index in [1.54, 1.807) is 7.11 Å². The SMILES string of the molecule is CCCCN1C(=O)CC[C@@H](C(=O)N2CCc3ccccc3C2)[C@H]1c1ccc(OC)cc1. The molecular formula is C26H32N2O3. The number of methoxy groups -OCH3 is 1. The maximum atomic E-state index is 13.8. The summed E-state index contributed by atoms with van der Waals surface area (Å²) in [5, 5.41) is 0. The number of hydrogen-bond acceptors (Lipinski definition) is 3. The number of ether oxygens (including phenoxy) is 1.